The van der Waals surface area contributed by atoms with Gasteiger partial charge in [-0.2, -0.15) is 4.72 Å². The van der Waals surface area contributed by atoms with Crippen molar-refractivity contribution in [1.82, 2.24) is 9.62 Å². The van der Waals surface area contributed by atoms with Crippen LogP contribution in [0.1, 0.15) is 16.1 Å². The second-order valence-corrected chi connectivity index (χ2v) is 6.69. The van der Waals surface area contributed by atoms with Gasteiger partial charge in [-0.15, -0.1) is 11.3 Å². The Bertz CT molecular complexity index is 692. The summed E-state index contributed by atoms with van der Waals surface area (Å²) < 4.78 is 26.2. The summed E-state index contributed by atoms with van der Waals surface area (Å²) in [5.74, 6) is -2.52. The molecule has 0 bridgehead atoms. The van der Waals surface area contributed by atoms with Crippen LogP contribution in [0.4, 0.5) is 0 Å². The molecule has 0 saturated carbocycles. The van der Waals surface area contributed by atoms with Crippen LogP contribution in [0.15, 0.2) is 16.3 Å². The summed E-state index contributed by atoms with van der Waals surface area (Å²) in [4.78, 5) is 34.0. The van der Waals surface area contributed by atoms with E-state index in [1.54, 1.807) is 0 Å². The molecule has 1 atom stereocenters. The van der Waals surface area contributed by atoms with Crippen LogP contribution in [0.2, 0.25) is 0 Å². The zero-order valence-electron chi connectivity index (χ0n) is 10.2. The van der Waals surface area contributed by atoms with Crippen LogP contribution in [0.5, 0.6) is 0 Å². The second kappa shape index (κ2) is 4.96. The molecule has 1 aliphatic rings. The van der Waals surface area contributed by atoms with Gasteiger partial charge >= 0.3 is 5.97 Å². The lowest BCUT2D eigenvalue weighted by atomic mass is 10.3. The van der Waals surface area contributed by atoms with Gasteiger partial charge in [0.25, 0.3) is 0 Å². The molecule has 1 aromatic rings. The van der Waals surface area contributed by atoms with Crippen LogP contribution < -0.4 is 4.72 Å². The van der Waals surface area contributed by atoms with E-state index in [1.165, 1.54) is 12.4 Å². The highest BCUT2D eigenvalue weighted by Crippen LogP contribution is 2.23. The predicted octanol–water partition coefficient (Wildman–Crippen LogP) is -0.518. The summed E-state index contributed by atoms with van der Waals surface area (Å²) in [6.07, 6.45) is -0.277. The van der Waals surface area contributed by atoms with Crippen molar-refractivity contribution in [1.29, 1.82) is 0 Å². The van der Waals surface area contributed by atoms with Gasteiger partial charge in [0.1, 0.15) is 15.8 Å². The Hall–Kier alpha value is -1.78. The lowest BCUT2D eigenvalue weighted by Crippen LogP contribution is -2.40. The number of imide groups is 1. The average molecular weight is 318 g/mol. The van der Waals surface area contributed by atoms with Crippen LogP contribution in [0.3, 0.4) is 0 Å². The maximum Gasteiger partial charge on any atom is 0.347 e. The van der Waals surface area contributed by atoms with Crippen molar-refractivity contribution in [3.8, 4) is 0 Å². The quantitative estimate of drug-likeness (QED) is 0.721. The average Bonchev–Trinajstić information content (AvgIpc) is 2.92. The number of hydrogen-bond donors (Lipinski definition) is 2. The lowest BCUT2D eigenvalue weighted by Gasteiger charge is -2.11. The van der Waals surface area contributed by atoms with E-state index in [0.717, 1.165) is 22.3 Å². The molecule has 1 unspecified atom stereocenters. The number of amides is 2. The Kier molecular flexibility index (Phi) is 3.63. The minimum absolute atomic E-state index is 0.277. The van der Waals surface area contributed by atoms with Crippen molar-refractivity contribution >= 4 is 39.1 Å². The van der Waals surface area contributed by atoms with Gasteiger partial charge in [0.15, 0.2) is 0 Å². The number of carboxylic acids is 1. The Labute approximate surface area is 118 Å². The van der Waals surface area contributed by atoms with E-state index in [0.29, 0.717) is 0 Å². The normalized spacial score (nSPS) is 19.6. The summed E-state index contributed by atoms with van der Waals surface area (Å²) in [6.45, 7) is 0. The van der Waals surface area contributed by atoms with Crippen LogP contribution in [0, 0.1) is 0 Å². The number of nitrogens with one attached hydrogen (secondary N) is 1. The molecule has 1 aliphatic heterocycles. The minimum atomic E-state index is -4.18. The Balaban J connectivity index is 2.29. The molecule has 108 valence electrons. The third kappa shape index (κ3) is 2.44. The first kappa shape index (κ1) is 14.6. The number of carbonyl (C=O) groups is 3. The fourth-order valence-electron chi connectivity index (χ4n) is 1.76. The van der Waals surface area contributed by atoms with Crippen LogP contribution in [-0.4, -0.2) is 49.3 Å². The SMILES string of the molecule is CN1C(=O)CC(NS(=O)(=O)c2ccsc2C(=O)O)C1=O. The van der Waals surface area contributed by atoms with Gasteiger partial charge < -0.3 is 5.11 Å². The van der Waals surface area contributed by atoms with E-state index in [9.17, 15) is 22.8 Å². The molecule has 2 N–H and O–H groups in total. The van der Waals surface area contributed by atoms with Crippen molar-refractivity contribution in [2.75, 3.05) is 7.05 Å². The highest BCUT2D eigenvalue weighted by Gasteiger charge is 2.39. The van der Waals surface area contributed by atoms with Crippen molar-refractivity contribution < 1.29 is 27.9 Å². The van der Waals surface area contributed by atoms with Gasteiger partial charge in [-0.1, -0.05) is 0 Å². The first-order valence-corrected chi connectivity index (χ1v) is 7.74. The van der Waals surface area contributed by atoms with Crippen molar-refractivity contribution in [2.24, 2.45) is 0 Å². The molecule has 8 nitrogen and oxygen atoms in total. The molecule has 0 aromatic carbocycles. The molecule has 20 heavy (non-hydrogen) atoms. The van der Waals surface area contributed by atoms with Gasteiger partial charge in [-0.05, 0) is 11.4 Å². The molecule has 0 spiro atoms. The summed E-state index contributed by atoms with van der Waals surface area (Å²) in [5.41, 5.74) is 0. The number of aromatic carboxylic acids is 1. The molecule has 2 rings (SSSR count). The number of carbonyl (C=O) groups excluding carboxylic acids is 2. The van der Waals surface area contributed by atoms with E-state index in [1.807, 2.05) is 0 Å². The maximum absolute atomic E-state index is 12.1. The first-order valence-electron chi connectivity index (χ1n) is 5.37. The predicted molar refractivity (Wildman–Crippen MR) is 67.8 cm³/mol. The molecule has 1 aromatic heterocycles. The smallest absolute Gasteiger partial charge is 0.347 e. The van der Waals surface area contributed by atoms with E-state index < -0.39 is 38.7 Å². The maximum atomic E-state index is 12.1. The second-order valence-electron chi connectivity index (χ2n) is 4.09. The molecule has 2 amide bonds. The minimum Gasteiger partial charge on any atom is -0.477 e. The monoisotopic (exact) mass is 318 g/mol. The van der Waals surface area contributed by atoms with Gasteiger partial charge in [0, 0.05) is 7.05 Å². The van der Waals surface area contributed by atoms with E-state index >= 15 is 0 Å². The number of thiophene rings is 1. The number of nitrogens with zero attached hydrogens (tertiary/aromatic N) is 1. The summed E-state index contributed by atoms with van der Waals surface area (Å²) in [7, 11) is -2.92. The Morgan fingerprint density at radius 1 is 1.50 bits per heavy atom. The highest BCUT2D eigenvalue weighted by molar-refractivity contribution is 7.89. The molecule has 1 fully saturated rings. The molecular weight excluding hydrogens is 308 g/mol. The van der Waals surface area contributed by atoms with Gasteiger partial charge in [-0.3, -0.25) is 14.5 Å². The van der Waals surface area contributed by atoms with Crippen molar-refractivity contribution in [3.05, 3.63) is 16.3 Å². The van der Waals surface area contributed by atoms with E-state index in [2.05, 4.69) is 4.72 Å². The van der Waals surface area contributed by atoms with Gasteiger partial charge in [0.2, 0.25) is 21.8 Å². The largest absolute Gasteiger partial charge is 0.477 e. The first-order chi connectivity index (χ1) is 9.24. The number of hydrogen-bond acceptors (Lipinski definition) is 6. The third-order valence-electron chi connectivity index (χ3n) is 2.79. The Morgan fingerprint density at radius 2 is 2.15 bits per heavy atom. The summed E-state index contributed by atoms with van der Waals surface area (Å²) in [5, 5.41) is 10.2. The fourth-order valence-corrected chi connectivity index (χ4v) is 4.21. The fraction of sp³-hybridized carbons (Fsp3) is 0.300. The number of likely N-dealkylation sites (tertiary alicyclic amines) is 1. The zero-order chi connectivity index (χ0) is 15.1. The van der Waals surface area contributed by atoms with Crippen LogP contribution in [0.25, 0.3) is 0 Å². The number of sulfonamides is 1. The molecule has 2 heterocycles. The highest BCUT2D eigenvalue weighted by atomic mass is 32.2. The molecular formula is C10H10N2O6S2. The van der Waals surface area contributed by atoms with E-state index in [4.69, 9.17) is 5.11 Å². The molecule has 10 heteroatoms. The molecule has 1 saturated heterocycles. The zero-order valence-corrected chi connectivity index (χ0v) is 11.8. The van der Waals surface area contributed by atoms with Crippen LogP contribution >= 0.6 is 11.3 Å². The van der Waals surface area contributed by atoms with Crippen molar-refractivity contribution in [2.45, 2.75) is 17.4 Å². The van der Waals surface area contributed by atoms with Crippen LogP contribution in [-0.2, 0) is 19.6 Å². The third-order valence-corrected chi connectivity index (χ3v) is 5.34. The van der Waals surface area contributed by atoms with Crippen molar-refractivity contribution in [3.63, 3.8) is 0 Å². The number of carboxylic acid groups (broad SMARTS) is 1. The lowest BCUT2D eigenvalue weighted by molar-refractivity contribution is -0.137. The van der Waals surface area contributed by atoms with Gasteiger partial charge in [0.05, 0.1) is 6.42 Å². The number of likely N-dealkylation sites (N-methyl/N-ethyl adjacent to an activating group) is 1. The summed E-state index contributed by atoms with van der Waals surface area (Å²) >= 11 is 0.763. The topological polar surface area (TPSA) is 121 Å². The molecule has 0 radical (unpaired) electrons. The van der Waals surface area contributed by atoms with E-state index in [-0.39, 0.29) is 11.3 Å². The summed E-state index contributed by atoms with van der Waals surface area (Å²) in [6, 6.07) is -0.0550. The molecule has 0 aliphatic carbocycles. The standard InChI is InChI=1S/C10H10N2O6S2/c1-12-7(13)4-5(9(12)14)11-20(17,18)6-2-3-19-8(6)10(15)16/h2-3,5,11H,4H2,1H3,(H,15,16). The van der Waals surface area contributed by atoms with Gasteiger partial charge in [-0.25, -0.2) is 13.2 Å². The Morgan fingerprint density at radius 3 is 2.65 bits per heavy atom. The number of rotatable bonds is 4.